The average molecular weight is 257 g/mol. The fraction of sp³-hybridized carbons (Fsp3) is 1.00. The molecule has 0 aromatic heterocycles. The number of rotatable bonds is 7. The largest absolute Gasteiger partial charge is 0.383 e. The quantitative estimate of drug-likeness (QED) is 0.737. The minimum atomic E-state index is 0.500. The Kier molecular flexibility index (Phi) is 7.15. The molecule has 2 unspecified atom stereocenters. The zero-order valence-electron chi connectivity index (χ0n) is 12.8. The number of hydrogen-bond donors (Lipinski definition) is 1. The Morgan fingerprint density at radius 2 is 2.06 bits per heavy atom. The van der Waals surface area contributed by atoms with Crippen molar-refractivity contribution in [3.05, 3.63) is 0 Å². The molecule has 4 heteroatoms. The highest BCUT2D eigenvalue weighted by Crippen LogP contribution is 2.13. The molecule has 0 aromatic carbocycles. The van der Waals surface area contributed by atoms with Gasteiger partial charge in [-0.3, -0.25) is 4.90 Å². The Bertz CT molecular complexity index is 223. The maximum absolute atomic E-state index is 5.39. The summed E-state index contributed by atoms with van der Waals surface area (Å²) in [5, 5.41) is 3.54. The van der Waals surface area contributed by atoms with Gasteiger partial charge in [-0.2, -0.15) is 0 Å². The molecule has 1 aliphatic heterocycles. The van der Waals surface area contributed by atoms with Gasteiger partial charge in [-0.05, 0) is 13.5 Å². The van der Waals surface area contributed by atoms with Gasteiger partial charge in [0.05, 0.1) is 6.61 Å². The molecule has 0 saturated carbocycles. The van der Waals surface area contributed by atoms with Gasteiger partial charge in [0.1, 0.15) is 0 Å². The van der Waals surface area contributed by atoms with Crippen molar-refractivity contribution in [2.45, 2.75) is 45.3 Å². The van der Waals surface area contributed by atoms with Crippen LogP contribution in [0.2, 0.25) is 0 Å². The summed E-state index contributed by atoms with van der Waals surface area (Å²) in [6.45, 7) is 12.0. The van der Waals surface area contributed by atoms with Gasteiger partial charge in [0.15, 0.2) is 0 Å². The topological polar surface area (TPSA) is 27.7 Å². The zero-order valence-corrected chi connectivity index (χ0v) is 12.8. The van der Waals surface area contributed by atoms with Gasteiger partial charge in [-0.1, -0.05) is 20.8 Å². The smallest absolute Gasteiger partial charge is 0.0630 e. The van der Waals surface area contributed by atoms with E-state index in [2.05, 4.69) is 42.9 Å². The Balaban J connectivity index is 2.50. The number of hydrogen-bond acceptors (Lipinski definition) is 4. The van der Waals surface area contributed by atoms with E-state index in [0.717, 1.165) is 19.7 Å². The van der Waals surface area contributed by atoms with Crippen LogP contribution in [0.3, 0.4) is 0 Å². The SMILES string of the molecule is CCC1CN(C(CNC(C)C)COC)CCN1C. The molecular formula is C14H31N3O. The van der Waals surface area contributed by atoms with Gasteiger partial charge in [0.25, 0.3) is 0 Å². The highest BCUT2D eigenvalue weighted by atomic mass is 16.5. The minimum absolute atomic E-state index is 0.500. The second-order valence-corrected chi connectivity index (χ2v) is 5.71. The lowest BCUT2D eigenvalue weighted by Crippen LogP contribution is -2.57. The first-order chi connectivity index (χ1) is 8.58. The number of methoxy groups -OCH3 is 1. The number of piperazine rings is 1. The molecule has 1 N–H and O–H groups in total. The van der Waals surface area contributed by atoms with Crippen LogP contribution < -0.4 is 5.32 Å². The fourth-order valence-corrected chi connectivity index (χ4v) is 2.60. The molecule has 2 atom stereocenters. The van der Waals surface area contributed by atoms with Gasteiger partial charge in [0, 0.05) is 51.4 Å². The molecule has 1 aliphatic rings. The molecule has 0 amide bonds. The first-order valence-electron chi connectivity index (χ1n) is 7.25. The Morgan fingerprint density at radius 1 is 1.33 bits per heavy atom. The number of ether oxygens (including phenoxy) is 1. The van der Waals surface area contributed by atoms with Crippen molar-refractivity contribution in [1.29, 1.82) is 0 Å². The maximum Gasteiger partial charge on any atom is 0.0630 e. The van der Waals surface area contributed by atoms with E-state index in [-0.39, 0.29) is 0 Å². The van der Waals surface area contributed by atoms with Crippen LogP contribution in [0.25, 0.3) is 0 Å². The number of nitrogens with one attached hydrogen (secondary N) is 1. The molecule has 4 nitrogen and oxygen atoms in total. The molecule has 0 radical (unpaired) electrons. The highest BCUT2D eigenvalue weighted by molar-refractivity contribution is 4.84. The molecular weight excluding hydrogens is 226 g/mol. The van der Waals surface area contributed by atoms with E-state index in [1.165, 1.54) is 19.5 Å². The summed E-state index contributed by atoms with van der Waals surface area (Å²) >= 11 is 0. The normalized spacial score (nSPS) is 24.7. The van der Waals surface area contributed by atoms with Crippen molar-refractivity contribution in [2.24, 2.45) is 0 Å². The van der Waals surface area contributed by atoms with Crippen LogP contribution in [0.5, 0.6) is 0 Å². The van der Waals surface area contributed by atoms with Crippen LogP contribution in [0.15, 0.2) is 0 Å². The number of nitrogens with zero attached hydrogens (tertiary/aromatic N) is 2. The van der Waals surface area contributed by atoms with Gasteiger partial charge in [-0.25, -0.2) is 0 Å². The molecule has 1 rings (SSSR count). The van der Waals surface area contributed by atoms with Crippen LogP contribution in [-0.4, -0.2) is 74.9 Å². The van der Waals surface area contributed by atoms with E-state index in [1.54, 1.807) is 7.11 Å². The monoisotopic (exact) mass is 257 g/mol. The van der Waals surface area contributed by atoms with Crippen molar-refractivity contribution >= 4 is 0 Å². The Hall–Kier alpha value is -0.160. The fourth-order valence-electron chi connectivity index (χ4n) is 2.60. The lowest BCUT2D eigenvalue weighted by Gasteiger charge is -2.43. The lowest BCUT2D eigenvalue weighted by molar-refractivity contribution is 0.0280. The molecule has 0 aliphatic carbocycles. The molecule has 1 saturated heterocycles. The minimum Gasteiger partial charge on any atom is -0.383 e. The van der Waals surface area contributed by atoms with E-state index >= 15 is 0 Å². The van der Waals surface area contributed by atoms with Gasteiger partial charge in [0.2, 0.25) is 0 Å². The first-order valence-corrected chi connectivity index (χ1v) is 7.25. The zero-order chi connectivity index (χ0) is 13.5. The van der Waals surface area contributed by atoms with Crippen LogP contribution in [0, 0.1) is 0 Å². The molecule has 1 heterocycles. The summed E-state index contributed by atoms with van der Waals surface area (Å²) in [6.07, 6.45) is 1.23. The summed E-state index contributed by atoms with van der Waals surface area (Å²) in [4.78, 5) is 5.07. The molecule has 0 spiro atoms. The van der Waals surface area contributed by atoms with Crippen molar-refractivity contribution in [1.82, 2.24) is 15.1 Å². The highest BCUT2D eigenvalue weighted by Gasteiger charge is 2.27. The van der Waals surface area contributed by atoms with E-state index in [1.807, 2.05) is 0 Å². The van der Waals surface area contributed by atoms with E-state index < -0.39 is 0 Å². The predicted molar refractivity (Wildman–Crippen MR) is 77.1 cm³/mol. The molecule has 18 heavy (non-hydrogen) atoms. The Labute approximate surface area is 113 Å². The molecule has 0 bridgehead atoms. The predicted octanol–water partition coefficient (Wildman–Crippen LogP) is 1.03. The number of likely N-dealkylation sites (N-methyl/N-ethyl adjacent to an activating group) is 1. The van der Waals surface area contributed by atoms with Gasteiger partial charge >= 0.3 is 0 Å². The summed E-state index contributed by atoms with van der Waals surface area (Å²) in [6, 6.07) is 1.73. The molecule has 1 fully saturated rings. The van der Waals surface area contributed by atoms with Crippen LogP contribution in [-0.2, 0) is 4.74 Å². The maximum atomic E-state index is 5.39. The van der Waals surface area contributed by atoms with Crippen LogP contribution in [0.4, 0.5) is 0 Å². The van der Waals surface area contributed by atoms with Crippen LogP contribution in [0.1, 0.15) is 27.2 Å². The first kappa shape index (κ1) is 15.9. The van der Waals surface area contributed by atoms with Crippen molar-refractivity contribution in [3.8, 4) is 0 Å². The summed E-state index contributed by atoms with van der Waals surface area (Å²) in [7, 11) is 4.04. The second-order valence-electron chi connectivity index (χ2n) is 5.71. The Morgan fingerprint density at radius 3 is 2.61 bits per heavy atom. The van der Waals surface area contributed by atoms with Crippen molar-refractivity contribution in [2.75, 3.05) is 46.9 Å². The van der Waals surface area contributed by atoms with Gasteiger partial charge < -0.3 is 15.0 Å². The third-order valence-electron chi connectivity index (χ3n) is 3.92. The summed E-state index contributed by atoms with van der Waals surface area (Å²) < 4.78 is 5.39. The summed E-state index contributed by atoms with van der Waals surface area (Å²) in [5.74, 6) is 0. The van der Waals surface area contributed by atoms with E-state index in [4.69, 9.17) is 4.74 Å². The van der Waals surface area contributed by atoms with Gasteiger partial charge in [-0.15, -0.1) is 0 Å². The van der Waals surface area contributed by atoms with Crippen LogP contribution >= 0.6 is 0 Å². The van der Waals surface area contributed by atoms with E-state index in [9.17, 15) is 0 Å². The van der Waals surface area contributed by atoms with E-state index in [0.29, 0.717) is 18.1 Å². The third-order valence-corrected chi connectivity index (χ3v) is 3.92. The summed E-state index contributed by atoms with van der Waals surface area (Å²) in [5.41, 5.74) is 0. The van der Waals surface area contributed by atoms with Crippen molar-refractivity contribution in [3.63, 3.8) is 0 Å². The second kappa shape index (κ2) is 8.10. The standard InChI is InChI=1S/C14H31N3O/c1-6-13-10-17(8-7-16(13)4)14(11-18-5)9-15-12(2)3/h12-15H,6-11H2,1-5H3. The molecule has 108 valence electrons. The average Bonchev–Trinajstić information content (AvgIpc) is 2.35. The molecule has 0 aromatic rings. The van der Waals surface area contributed by atoms with Crippen molar-refractivity contribution < 1.29 is 4.74 Å². The third kappa shape index (κ3) is 4.84. The lowest BCUT2D eigenvalue weighted by atomic mass is 10.1.